The van der Waals surface area contributed by atoms with Crippen LogP contribution < -0.4 is 14.2 Å². The Labute approximate surface area is 322 Å². The molecule has 3 aromatic carbocycles. The topological polar surface area (TPSA) is 128 Å². The largest absolute Gasteiger partial charge is 0.493 e. The highest BCUT2D eigenvalue weighted by atomic mass is 35.5. The molecule has 0 unspecified atom stereocenters. The second kappa shape index (κ2) is 18.6. The summed E-state index contributed by atoms with van der Waals surface area (Å²) in [7, 11) is 0. The van der Waals surface area contributed by atoms with Crippen LogP contribution in [0.5, 0.6) is 17.2 Å². The van der Waals surface area contributed by atoms with Crippen molar-refractivity contribution >= 4 is 17.6 Å². The maximum atomic E-state index is 12.1. The number of likely N-dealkylation sites (tertiary alicyclic amines) is 2. The summed E-state index contributed by atoms with van der Waals surface area (Å²) in [5.41, 5.74) is 7.27. The molecule has 10 nitrogen and oxygen atoms in total. The summed E-state index contributed by atoms with van der Waals surface area (Å²) >= 11 is 6.86. The first kappa shape index (κ1) is 39.0. The Kier molecular flexibility index (Phi) is 13.4. The van der Waals surface area contributed by atoms with Gasteiger partial charge in [-0.2, -0.15) is 5.26 Å². The molecule has 0 spiro atoms. The molecular weight excluding hydrogens is 704 g/mol. The second-order valence-corrected chi connectivity index (χ2v) is 14.7. The molecule has 2 aliphatic rings. The third-order valence-electron chi connectivity index (χ3n) is 10.5. The van der Waals surface area contributed by atoms with Crippen LogP contribution in [-0.2, 0) is 24.6 Å². The average Bonchev–Trinajstić information content (AvgIpc) is 3.17. The van der Waals surface area contributed by atoms with E-state index in [1.807, 2.05) is 29.2 Å². The molecule has 0 saturated carbocycles. The van der Waals surface area contributed by atoms with Crippen LogP contribution in [0.1, 0.15) is 71.9 Å². The van der Waals surface area contributed by atoms with Gasteiger partial charge in [0.25, 0.3) is 0 Å². The molecule has 1 aromatic heterocycles. The number of piperidine rings is 2. The van der Waals surface area contributed by atoms with Gasteiger partial charge in [0.15, 0.2) is 0 Å². The highest BCUT2D eigenvalue weighted by Gasteiger charge is 2.29. The van der Waals surface area contributed by atoms with Gasteiger partial charge in [0.1, 0.15) is 42.6 Å². The monoisotopic (exact) mass is 752 g/mol. The third-order valence-corrected chi connectivity index (χ3v) is 10.8. The van der Waals surface area contributed by atoms with Crippen molar-refractivity contribution in [3.63, 3.8) is 0 Å². The fraction of sp³-hybridized carbons (Fsp3) is 0.419. The van der Waals surface area contributed by atoms with Crippen LogP contribution in [0.3, 0.4) is 0 Å². The van der Waals surface area contributed by atoms with E-state index in [1.54, 1.807) is 24.4 Å². The number of aliphatic hydroxyl groups excluding tert-OH is 1. The van der Waals surface area contributed by atoms with Gasteiger partial charge in [-0.05, 0) is 105 Å². The van der Waals surface area contributed by atoms with Crippen molar-refractivity contribution < 1.29 is 29.2 Å². The quantitative estimate of drug-likeness (QED) is 0.117. The molecule has 2 aliphatic heterocycles. The summed E-state index contributed by atoms with van der Waals surface area (Å²) in [5.74, 6) is 1.00. The number of halogens is 1. The number of hydrogen-bond donors (Lipinski definition) is 2. The number of pyridine rings is 1. The molecule has 2 saturated heterocycles. The number of benzene rings is 3. The lowest BCUT2D eigenvalue weighted by Gasteiger charge is -2.33. The Hall–Kier alpha value is -4.66. The highest BCUT2D eigenvalue weighted by Crippen LogP contribution is 2.37. The zero-order valence-corrected chi connectivity index (χ0v) is 31.9. The Morgan fingerprint density at radius 2 is 1.70 bits per heavy atom. The molecule has 11 heteroatoms. The van der Waals surface area contributed by atoms with Crippen molar-refractivity contribution in [3.05, 3.63) is 105 Å². The lowest BCUT2D eigenvalue weighted by atomic mass is 9.93. The van der Waals surface area contributed by atoms with E-state index in [0.29, 0.717) is 48.2 Å². The minimum Gasteiger partial charge on any atom is -0.493 e. The molecule has 2 fully saturated rings. The zero-order chi connectivity index (χ0) is 38.0. The van der Waals surface area contributed by atoms with Crippen molar-refractivity contribution in [1.82, 2.24) is 14.8 Å². The van der Waals surface area contributed by atoms with Crippen molar-refractivity contribution in [1.29, 1.82) is 5.26 Å². The summed E-state index contributed by atoms with van der Waals surface area (Å²) in [4.78, 5) is 20.5. The number of carboxylic acids is 1. The fourth-order valence-corrected chi connectivity index (χ4v) is 7.71. The van der Waals surface area contributed by atoms with Crippen molar-refractivity contribution in [2.45, 2.75) is 84.3 Å². The molecule has 54 heavy (non-hydrogen) atoms. The maximum absolute atomic E-state index is 12.1. The van der Waals surface area contributed by atoms with E-state index in [-0.39, 0.29) is 19.3 Å². The van der Waals surface area contributed by atoms with Gasteiger partial charge in [-0.15, -0.1) is 0 Å². The number of nitriles is 1. The molecular formula is C43H49ClN4O6. The van der Waals surface area contributed by atoms with Gasteiger partial charge in [0.2, 0.25) is 0 Å². The number of aliphatic hydroxyl groups is 1. The van der Waals surface area contributed by atoms with Gasteiger partial charge < -0.3 is 29.3 Å². The lowest BCUT2D eigenvalue weighted by Crippen LogP contribution is -2.44. The SMILES string of the molecule is Cc1c(COc2cc(OCc3cncc(C#N)c3)c(CN3CCCC[C@H]3C(=O)O)cc2Cl)cccc1-c1cccc(OCCCN2CCC[C@H](O)C2)c1C. The van der Waals surface area contributed by atoms with E-state index in [1.165, 1.54) is 6.20 Å². The van der Waals surface area contributed by atoms with Gasteiger partial charge in [-0.3, -0.25) is 14.7 Å². The molecule has 0 aliphatic carbocycles. The third kappa shape index (κ3) is 9.90. The van der Waals surface area contributed by atoms with Gasteiger partial charge >= 0.3 is 5.97 Å². The van der Waals surface area contributed by atoms with Crippen LogP contribution in [-0.4, -0.2) is 75.9 Å². The van der Waals surface area contributed by atoms with Gasteiger partial charge in [0, 0.05) is 49.2 Å². The first-order chi connectivity index (χ1) is 26.2. The lowest BCUT2D eigenvalue weighted by molar-refractivity contribution is -0.144. The van der Waals surface area contributed by atoms with Crippen LogP contribution in [0.15, 0.2) is 67.0 Å². The van der Waals surface area contributed by atoms with Crippen LogP contribution >= 0.6 is 11.6 Å². The average molecular weight is 753 g/mol. The minimum atomic E-state index is -0.833. The summed E-state index contributed by atoms with van der Waals surface area (Å²) in [6.07, 6.45) is 8.13. The molecule has 2 N–H and O–H groups in total. The number of ether oxygens (including phenoxy) is 3. The second-order valence-electron chi connectivity index (χ2n) is 14.3. The molecule has 0 amide bonds. The summed E-state index contributed by atoms with van der Waals surface area (Å²) < 4.78 is 19.0. The molecule has 0 radical (unpaired) electrons. The number of aliphatic carboxylic acids is 1. The van der Waals surface area contributed by atoms with Crippen molar-refractivity contribution in [2.24, 2.45) is 0 Å². The molecule has 284 valence electrons. The Morgan fingerprint density at radius 3 is 2.50 bits per heavy atom. The number of nitrogens with zero attached hydrogens (tertiary/aromatic N) is 4. The van der Waals surface area contributed by atoms with E-state index in [4.69, 9.17) is 25.8 Å². The zero-order valence-electron chi connectivity index (χ0n) is 31.1. The molecule has 6 rings (SSSR count). The van der Waals surface area contributed by atoms with E-state index >= 15 is 0 Å². The molecule has 3 heterocycles. The Balaban J connectivity index is 1.17. The molecule has 4 aromatic rings. The van der Waals surface area contributed by atoms with Crippen molar-refractivity contribution in [3.8, 4) is 34.4 Å². The number of hydrogen-bond acceptors (Lipinski definition) is 9. The number of rotatable bonds is 15. The van der Waals surface area contributed by atoms with Gasteiger partial charge in [-0.1, -0.05) is 48.4 Å². The van der Waals surface area contributed by atoms with Crippen LogP contribution in [0.25, 0.3) is 11.1 Å². The van der Waals surface area contributed by atoms with Gasteiger partial charge in [-0.25, -0.2) is 0 Å². The van der Waals surface area contributed by atoms with Crippen molar-refractivity contribution in [2.75, 3.05) is 32.8 Å². The predicted molar refractivity (Wildman–Crippen MR) is 208 cm³/mol. The highest BCUT2D eigenvalue weighted by molar-refractivity contribution is 6.32. The molecule has 2 atom stereocenters. The standard InChI is InChI=1S/C43H49ClN4O6/c1-29-33(9-5-11-36(29)37-12-6-14-40(30(37)2)52-18-8-16-47-15-7-10-35(49)26-47)28-54-42-21-41(53-27-32-19-31(22-45)23-46-24-32)34(20-38(42)44)25-48-17-4-3-13-39(48)43(50)51/h5-6,9,11-12,14,19-21,23-24,35,39,49H,3-4,7-8,10,13,15-18,25-28H2,1-2H3,(H,50,51)/t35-,39-/m0/s1. The molecule has 0 bridgehead atoms. The fourth-order valence-electron chi connectivity index (χ4n) is 7.47. The number of β-amino-alcohol motifs (C(OH)–C–C–N with tert-alkyl or cyclic N) is 1. The van der Waals surface area contributed by atoms with Crippen LogP contribution in [0.4, 0.5) is 0 Å². The van der Waals surface area contributed by atoms with Crippen LogP contribution in [0, 0.1) is 25.2 Å². The summed E-state index contributed by atoms with van der Waals surface area (Å²) in [5, 5.41) is 29.6. The Morgan fingerprint density at radius 1 is 0.907 bits per heavy atom. The summed E-state index contributed by atoms with van der Waals surface area (Å²) in [6, 6.07) is 19.2. The normalized spacial score (nSPS) is 17.8. The van der Waals surface area contributed by atoms with E-state index in [0.717, 1.165) is 96.4 Å². The summed E-state index contributed by atoms with van der Waals surface area (Å²) in [6.45, 7) is 8.91. The van der Waals surface area contributed by atoms with Gasteiger partial charge in [0.05, 0.1) is 23.3 Å². The predicted octanol–water partition coefficient (Wildman–Crippen LogP) is 7.71. The number of aromatic nitrogens is 1. The first-order valence-electron chi connectivity index (χ1n) is 18.8. The first-order valence-corrected chi connectivity index (χ1v) is 19.2. The number of carboxylic acid groups (broad SMARTS) is 1. The van der Waals surface area contributed by atoms with E-state index in [9.17, 15) is 20.3 Å². The maximum Gasteiger partial charge on any atom is 0.320 e. The number of carbonyl (C=O) groups is 1. The van der Waals surface area contributed by atoms with Crippen LogP contribution in [0.2, 0.25) is 5.02 Å². The smallest absolute Gasteiger partial charge is 0.320 e. The van der Waals surface area contributed by atoms with E-state index < -0.39 is 12.0 Å². The Bertz CT molecular complexity index is 1970. The minimum absolute atomic E-state index is 0.158. The van der Waals surface area contributed by atoms with E-state index in [2.05, 4.69) is 41.9 Å².